The second-order valence-electron chi connectivity index (χ2n) is 7.83. The van der Waals surface area contributed by atoms with E-state index in [1.807, 2.05) is 24.3 Å². The van der Waals surface area contributed by atoms with Crippen LogP contribution < -0.4 is 0 Å². The Balaban J connectivity index is 1.62. The minimum Gasteiger partial charge on any atom is -0.280 e. The van der Waals surface area contributed by atoms with E-state index in [-0.39, 0.29) is 17.8 Å². The number of aryl methyl sites for hydroxylation is 1. The van der Waals surface area contributed by atoms with Crippen LogP contribution in [0.3, 0.4) is 0 Å². The summed E-state index contributed by atoms with van der Waals surface area (Å²) in [5.74, 6) is -0.441. The number of hydrogen-bond donors (Lipinski definition) is 0. The van der Waals surface area contributed by atoms with E-state index in [4.69, 9.17) is 0 Å². The van der Waals surface area contributed by atoms with Crippen molar-refractivity contribution in [2.75, 3.05) is 13.1 Å². The lowest BCUT2D eigenvalue weighted by atomic mass is 10.0. The van der Waals surface area contributed by atoms with Crippen molar-refractivity contribution < 1.29 is 8.78 Å². The quantitative estimate of drug-likeness (QED) is 0.551. The molecule has 1 atom stereocenters. The Morgan fingerprint density at radius 2 is 1.14 bits per heavy atom. The predicted molar refractivity (Wildman–Crippen MR) is 112 cm³/mol. The first kappa shape index (κ1) is 19.7. The molecule has 0 amide bonds. The van der Waals surface area contributed by atoms with Crippen LogP contribution in [0.2, 0.25) is 0 Å². The van der Waals surface area contributed by atoms with Crippen LogP contribution in [0.1, 0.15) is 34.8 Å². The monoisotopic (exact) mass is 392 g/mol. The van der Waals surface area contributed by atoms with Crippen molar-refractivity contribution >= 4 is 0 Å². The smallest absolute Gasteiger partial charge is 0.123 e. The van der Waals surface area contributed by atoms with Crippen LogP contribution in [0, 0.1) is 18.6 Å². The average molecular weight is 392 g/mol. The largest absolute Gasteiger partial charge is 0.280 e. The molecule has 2 nitrogen and oxygen atoms in total. The first-order valence-electron chi connectivity index (χ1n) is 10.1. The van der Waals surface area contributed by atoms with Gasteiger partial charge in [-0.2, -0.15) is 0 Å². The molecule has 150 valence electrons. The summed E-state index contributed by atoms with van der Waals surface area (Å²) in [6.07, 6.45) is 1.11. The lowest BCUT2D eigenvalue weighted by Crippen LogP contribution is -2.46. The lowest BCUT2D eigenvalue weighted by molar-refractivity contribution is -0.00913. The Kier molecular flexibility index (Phi) is 6.02. The molecule has 0 N–H and O–H groups in total. The fourth-order valence-corrected chi connectivity index (χ4v) is 4.09. The van der Waals surface area contributed by atoms with Crippen molar-refractivity contribution in [1.82, 2.24) is 9.80 Å². The molecule has 4 rings (SSSR count). The molecule has 0 unspecified atom stereocenters. The minimum absolute atomic E-state index is 0.0516. The van der Waals surface area contributed by atoms with Crippen LogP contribution in [0.4, 0.5) is 8.78 Å². The van der Waals surface area contributed by atoms with Gasteiger partial charge < -0.3 is 0 Å². The topological polar surface area (TPSA) is 6.48 Å². The first-order valence-corrected chi connectivity index (χ1v) is 10.1. The van der Waals surface area contributed by atoms with Gasteiger partial charge in [0.05, 0.1) is 6.17 Å². The van der Waals surface area contributed by atoms with Crippen molar-refractivity contribution in [3.8, 4) is 0 Å². The van der Waals surface area contributed by atoms with Gasteiger partial charge in [0.1, 0.15) is 11.6 Å². The number of hydrogen-bond acceptors (Lipinski definition) is 2. The third-order valence-corrected chi connectivity index (χ3v) is 5.56. The highest BCUT2D eigenvalue weighted by Crippen LogP contribution is 2.32. The van der Waals surface area contributed by atoms with Gasteiger partial charge in [0.25, 0.3) is 0 Å². The zero-order valence-corrected chi connectivity index (χ0v) is 16.7. The second kappa shape index (κ2) is 8.85. The SMILES string of the molecule is Cc1ccc(CN2CCCN(Cc3ccc(F)cc3)[C@H]2c2ccc(F)cc2)cc1. The van der Waals surface area contributed by atoms with Crippen LogP contribution in [0.5, 0.6) is 0 Å². The highest BCUT2D eigenvalue weighted by molar-refractivity contribution is 5.24. The molecule has 0 bridgehead atoms. The lowest BCUT2D eigenvalue weighted by Gasteiger charge is -2.44. The molecule has 0 radical (unpaired) electrons. The summed E-state index contributed by atoms with van der Waals surface area (Å²) in [4.78, 5) is 4.85. The third kappa shape index (κ3) is 4.89. The minimum atomic E-state index is -0.222. The van der Waals surface area contributed by atoms with E-state index in [0.717, 1.165) is 43.7 Å². The molecule has 0 saturated carbocycles. The van der Waals surface area contributed by atoms with Crippen LogP contribution in [-0.2, 0) is 13.1 Å². The highest BCUT2D eigenvalue weighted by atomic mass is 19.1. The van der Waals surface area contributed by atoms with Crippen molar-refractivity contribution in [3.05, 3.63) is 107 Å². The Labute approximate surface area is 171 Å². The molecule has 3 aromatic carbocycles. The van der Waals surface area contributed by atoms with Gasteiger partial charge >= 0.3 is 0 Å². The Morgan fingerprint density at radius 3 is 1.66 bits per heavy atom. The fourth-order valence-electron chi connectivity index (χ4n) is 4.09. The van der Waals surface area contributed by atoms with E-state index < -0.39 is 0 Å². The fraction of sp³-hybridized carbons (Fsp3) is 0.280. The summed E-state index contributed by atoms with van der Waals surface area (Å²) in [5, 5.41) is 0. The summed E-state index contributed by atoms with van der Waals surface area (Å²) in [6, 6.07) is 22.2. The second-order valence-corrected chi connectivity index (χ2v) is 7.83. The van der Waals surface area contributed by atoms with Gasteiger partial charge in [-0.1, -0.05) is 54.1 Å². The van der Waals surface area contributed by atoms with Gasteiger partial charge in [0.2, 0.25) is 0 Å². The van der Waals surface area contributed by atoms with Gasteiger partial charge in [0.15, 0.2) is 0 Å². The van der Waals surface area contributed by atoms with Gasteiger partial charge in [-0.05, 0) is 54.3 Å². The van der Waals surface area contributed by atoms with Crippen LogP contribution >= 0.6 is 0 Å². The van der Waals surface area contributed by atoms with Gasteiger partial charge in [-0.3, -0.25) is 9.80 Å². The molecule has 0 spiro atoms. The molecule has 3 aromatic rings. The number of nitrogens with zero attached hydrogens (tertiary/aromatic N) is 2. The Hall–Kier alpha value is -2.56. The molecule has 1 fully saturated rings. The molecular weight excluding hydrogens is 366 g/mol. The average Bonchev–Trinajstić information content (AvgIpc) is 2.73. The standard InChI is InChI=1S/C25H26F2N2/c1-19-3-5-20(6-4-19)17-28-15-2-16-29(18-21-7-11-23(26)12-8-21)25(28)22-9-13-24(27)14-10-22/h3-14,25H,2,15-18H2,1H3/t25-/m0/s1. The van der Waals surface area contributed by atoms with E-state index in [0.29, 0.717) is 0 Å². The zero-order chi connectivity index (χ0) is 20.2. The van der Waals surface area contributed by atoms with Crippen LogP contribution in [0.25, 0.3) is 0 Å². The Bertz CT molecular complexity index is 865. The highest BCUT2D eigenvalue weighted by Gasteiger charge is 2.30. The number of rotatable bonds is 5. The zero-order valence-electron chi connectivity index (χ0n) is 16.7. The first-order chi connectivity index (χ1) is 14.1. The van der Waals surface area contributed by atoms with Crippen molar-refractivity contribution in [1.29, 1.82) is 0 Å². The van der Waals surface area contributed by atoms with Gasteiger partial charge in [-0.25, -0.2) is 8.78 Å². The van der Waals surface area contributed by atoms with Crippen molar-refractivity contribution in [3.63, 3.8) is 0 Å². The number of benzene rings is 3. The predicted octanol–water partition coefficient (Wildman–Crippen LogP) is 5.68. The van der Waals surface area contributed by atoms with Crippen molar-refractivity contribution in [2.45, 2.75) is 32.6 Å². The summed E-state index contributed by atoms with van der Waals surface area (Å²) in [5.41, 5.74) is 4.68. The van der Waals surface area contributed by atoms with Gasteiger partial charge in [0, 0.05) is 26.2 Å². The molecule has 0 aromatic heterocycles. The maximum absolute atomic E-state index is 13.6. The number of halogens is 2. The molecule has 1 heterocycles. The van der Waals surface area contributed by atoms with E-state index in [2.05, 4.69) is 41.0 Å². The summed E-state index contributed by atoms with van der Waals surface area (Å²) in [6.45, 7) is 5.59. The molecule has 1 saturated heterocycles. The molecule has 0 aliphatic carbocycles. The van der Waals surface area contributed by atoms with E-state index in [1.54, 1.807) is 0 Å². The Morgan fingerprint density at radius 1 is 0.690 bits per heavy atom. The normalized spacial score (nSPS) is 18.1. The summed E-state index contributed by atoms with van der Waals surface area (Å²) < 4.78 is 26.9. The molecular formula is C25H26F2N2. The summed E-state index contributed by atoms with van der Waals surface area (Å²) >= 11 is 0. The van der Waals surface area contributed by atoms with Crippen LogP contribution in [-0.4, -0.2) is 22.9 Å². The molecule has 1 aliphatic rings. The van der Waals surface area contributed by atoms with Gasteiger partial charge in [-0.15, -0.1) is 0 Å². The van der Waals surface area contributed by atoms with Crippen molar-refractivity contribution in [2.24, 2.45) is 0 Å². The summed E-state index contributed by atoms with van der Waals surface area (Å²) in [7, 11) is 0. The molecule has 1 aliphatic heterocycles. The molecule has 4 heteroatoms. The third-order valence-electron chi connectivity index (χ3n) is 5.56. The molecule has 29 heavy (non-hydrogen) atoms. The maximum Gasteiger partial charge on any atom is 0.123 e. The van der Waals surface area contributed by atoms with E-state index >= 15 is 0 Å². The van der Waals surface area contributed by atoms with E-state index in [9.17, 15) is 8.78 Å². The van der Waals surface area contributed by atoms with E-state index in [1.165, 1.54) is 35.4 Å². The van der Waals surface area contributed by atoms with Crippen LogP contribution in [0.15, 0.2) is 72.8 Å². The maximum atomic E-state index is 13.6.